The number of nitrogens with zero attached hydrogens (tertiary/aromatic N) is 3. The predicted octanol–water partition coefficient (Wildman–Crippen LogP) is 3.85. The monoisotopic (exact) mass is 377 g/mol. The summed E-state index contributed by atoms with van der Waals surface area (Å²) in [7, 11) is 0. The third-order valence-corrected chi connectivity index (χ3v) is 4.69. The summed E-state index contributed by atoms with van der Waals surface area (Å²) in [6.45, 7) is 9.37. The maximum atomic E-state index is 12.4. The molecule has 0 amide bonds. The molecule has 0 bridgehead atoms. The maximum absolute atomic E-state index is 12.4. The largest absolute Gasteiger partial charge is 0.454 e. The van der Waals surface area contributed by atoms with Crippen molar-refractivity contribution in [1.82, 2.24) is 14.8 Å². The number of hydrogen-bond acceptors (Lipinski definition) is 5. The van der Waals surface area contributed by atoms with E-state index in [1.165, 1.54) is 6.20 Å². The number of esters is 1. The summed E-state index contributed by atoms with van der Waals surface area (Å²) in [4.78, 5) is 29.0. The van der Waals surface area contributed by atoms with Crippen molar-refractivity contribution < 1.29 is 14.3 Å². The molecule has 3 rings (SSSR count). The zero-order valence-corrected chi connectivity index (χ0v) is 16.7. The van der Waals surface area contributed by atoms with Crippen LogP contribution in [0.4, 0.5) is 0 Å². The number of ether oxygens (including phenoxy) is 1. The lowest BCUT2D eigenvalue weighted by molar-refractivity contribution is 0.0474. The molecule has 0 aliphatic carbocycles. The number of hydrogen-bond donors (Lipinski definition) is 0. The van der Waals surface area contributed by atoms with Crippen molar-refractivity contribution in [3.05, 3.63) is 75.7 Å². The minimum absolute atomic E-state index is 0.221. The number of aromatic nitrogens is 3. The second-order valence-corrected chi connectivity index (χ2v) is 6.99. The fourth-order valence-corrected chi connectivity index (χ4v) is 3.05. The van der Waals surface area contributed by atoms with E-state index < -0.39 is 5.97 Å². The highest BCUT2D eigenvalue weighted by Crippen LogP contribution is 2.16. The molecule has 0 spiro atoms. The van der Waals surface area contributed by atoms with E-state index in [1.807, 2.05) is 52.8 Å². The SMILES string of the molecule is Cc1cc(C)n(-c2ccc(C(=O)OCC(=O)c3cc(C)c(C)cc3C)cn2)n1. The molecule has 0 atom stereocenters. The maximum Gasteiger partial charge on any atom is 0.340 e. The number of Topliss-reactive ketones (excluding diaryl/α,β-unsaturated/α-hetero) is 1. The minimum atomic E-state index is -0.581. The molecule has 0 saturated carbocycles. The van der Waals surface area contributed by atoms with Gasteiger partial charge in [0.15, 0.2) is 12.4 Å². The van der Waals surface area contributed by atoms with Gasteiger partial charge in [-0.05, 0) is 75.6 Å². The Morgan fingerprint density at radius 2 is 1.68 bits per heavy atom. The number of carbonyl (C=O) groups excluding carboxylic acids is 2. The molecular formula is C22H23N3O3. The van der Waals surface area contributed by atoms with Crippen LogP contribution in [-0.2, 0) is 4.74 Å². The molecule has 0 aliphatic rings. The van der Waals surface area contributed by atoms with Crippen LogP contribution in [0.2, 0.25) is 0 Å². The predicted molar refractivity (Wildman–Crippen MR) is 106 cm³/mol. The summed E-state index contributed by atoms with van der Waals surface area (Å²) in [5, 5.41) is 4.36. The van der Waals surface area contributed by atoms with Crippen molar-refractivity contribution in [2.24, 2.45) is 0 Å². The van der Waals surface area contributed by atoms with Gasteiger partial charge in [0.2, 0.25) is 5.78 Å². The van der Waals surface area contributed by atoms with Crippen molar-refractivity contribution in [3.63, 3.8) is 0 Å². The first-order chi connectivity index (χ1) is 13.3. The third kappa shape index (κ3) is 4.01. The Labute approximate surface area is 164 Å². The summed E-state index contributed by atoms with van der Waals surface area (Å²) in [6, 6.07) is 9.07. The van der Waals surface area contributed by atoms with E-state index in [0.29, 0.717) is 11.4 Å². The molecule has 144 valence electrons. The molecule has 0 N–H and O–H groups in total. The highest BCUT2D eigenvalue weighted by Gasteiger charge is 2.15. The van der Waals surface area contributed by atoms with Gasteiger partial charge < -0.3 is 4.74 Å². The summed E-state index contributed by atoms with van der Waals surface area (Å²) < 4.78 is 6.90. The summed E-state index contributed by atoms with van der Waals surface area (Å²) in [5.74, 6) is -0.188. The van der Waals surface area contributed by atoms with Crippen LogP contribution in [0.5, 0.6) is 0 Å². The standard InChI is InChI=1S/C22H23N3O3/c1-13-8-15(3)19(9-14(13)2)20(26)12-28-22(27)18-6-7-21(23-11-18)25-17(5)10-16(4)24-25/h6-11H,12H2,1-5H3. The van der Waals surface area contributed by atoms with Crippen molar-refractivity contribution in [1.29, 1.82) is 0 Å². The number of rotatable bonds is 5. The van der Waals surface area contributed by atoms with Crippen molar-refractivity contribution >= 4 is 11.8 Å². The van der Waals surface area contributed by atoms with Gasteiger partial charge in [-0.15, -0.1) is 0 Å². The lowest BCUT2D eigenvalue weighted by atomic mass is 9.98. The van der Waals surface area contributed by atoms with Gasteiger partial charge in [-0.1, -0.05) is 6.07 Å². The molecule has 0 unspecified atom stereocenters. The second-order valence-electron chi connectivity index (χ2n) is 6.99. The average Bonchev–Trinajstić information content (AvgIpc) is 3.00. The van der Waals surface area contributed by atoms with Gasteiger partial charge in [-0.2, -0.15) is 5.10 Å². The molecule has 1 aromatic carbocycles. The summed E-state index contributed by atoms with van der Waals surface area (Å²) in [5.41, 5.74) is 5.74. The molecule has 2 heterocycles. The molecule has 28 heavy (non-hydrogen) atoms. The van der Waals surface area contributed by atoms with E-state index in [0.717, 1.165) is 28.1 Å². The molecular weight excluding hydrogens is 354 g/mol. The molecule has 6 heteroatoms. The fraction of sp³-hybridized carbons (Fsp3) is 0.273. The third-order valence-electron chi connectivity index (χ3n) is 4.69. The Hall–Kier alpha value is -3.28. The van der Waals surface area contributed by atoms with Crippen LogP contribution in [-0.4, -0.2) is 33.1 Å². The number of aryl methyl sites for hydroxylation is 5. The lowest BCUT2D eigenvalue weighted by Crippen LogP contribution is -2.16. The molecule has 3 aromatic rings. The first kappa shape index (κ1) is 19.5. The number of benzene rings is 1. The van der Waals surface area contributed by atoms with E-state index >= 15 is 0 Å². The second kappa shape index (κ2) is 7.76. The van der Waals surface area contributed by atoms with Crippen molar-refractivity contribution in [3.8, 4) is 5.82 Å². The van der Waals surface area contributed by atoms with Gasteiger partial charge in [-0.25, -0.2) is 14.5 Å². The van der Waals surface area contributed by atoms with Crippen LogP contribution in [0.15, 0.2) is 36.5 Å². The molecule has 2 aromatic heterocycles. The number of pyridine rings is 1. The Morgan fingerprint density at radius 3 is 2.29 bits per heavy atom. The van der Waals surface area contributed by atoms with Crippen molar-refractivity contribution in [2.75, 3.05) is 6.61 Å². The Morgan fingerprint density at radius 1 is 0.964 bits per heavy atom. The Kier molecular flexibility index (Phi) is 5.40. The van der Waals surface area contributed by atoms with Crippen LogP contribution in [0, 0.1) is 34.6 Å². The topological polar surface area (TPSA) is 74.1 Å². The van der Waals surface area contributed by atoms with E-state index in [1.54, 1.807) is 16.8 Å². The van der Waals surface area contributed by atoms with Crippen LogP contribution in [0.1, 0.15) is 48.8 Å². The van der Waals surface area contributed by atoms with Gasteiger partial charge in [0.25, 0.3) is 0 Å². The van der Waals surface area contributed by atoms with Gasteiger partial charge in [-0.3, -0.25) is 4.79 Å². The van der Waals surface area contributed by atoms with E-state index in [-0.39, 0.29) is 18.0 Å². The molecule has 0 aliphatic heterocycles. The summed E-state index contributed by atoms with van der Waals surface area (Å²) in [6.07, 6.45) is 1.43. The van der Waals surface area contributed by atoms with Crippen LogP contribution >= 0.6 is 0 Å². The lowest BCUT2D eigenvalue weighted by Gasteiger charge is -2.10. The highest BCUT2D eigenvalue weighted by molar-refractivity contribution is 6.00. The Balaban J connectivity index is 1.67. The highest BCUT2D eigenvalue weighted by atomic mass is 16.5. The molecule has 0 radical (unpaired) electrons. The van der Waals surface area contributed by atoms with Gasteiger partial charge in [0, 0.05) is 17.5 Å². The first-order valence-electron chi connectivity index (χ1n) is 9.04. The fourth-order valence-electron chi connectivity index (χ4n) is 3.05. The van der Waals surface area contributed by atoms with Crippen LogP contribution in [0.25, 0.3) is 5.82 Å². The average molecular weight is 377 g/mol. The van der Waals surface area contributed by atoms with Gasteiger partial charge >= 0.3 is 5.97 Å². The molecule has 6 nitrogen and oxygen atoms in total. The van der Waals surface area contributed by atoms with Crippen LogP contribution in [0.3, 0.4) is 0 Å². The normalized spacial score (nSPS) is 10.8. The number of ketones is 1. The Bertz CT molecular complexity index is 1050. The van der Waals surface area contributed by atoms with E-state index in [9.17, 15) is 9.59 Å². The van der Waals surface area contributed by atoms with Gasteiger partial charge in [0.05, 0.1) is 11.3 Å². The van der Waals surface area contributed by atoms with E-state index in [2.05, 4.69) is 10.1 Å². The number of carbonyl (C=O) groups is 2. The minimum Gasteiger partial charge on any atom is -0.454 e. The summed E-state index contributed by atoms with van der Waals surface area (Å²) >= 11 is 0. The molecule has 0 saturated heterocycles. The smallest absolute Gasteiger partial charge is 0.340 e. The quantitative estimate of drug-likeness (QED) is 0.499. The van der Waals surface area contributed by atoms with Gasteiger partial charge in [0.1, 0.15) is 0 Å². The first-order valence-corrected chi connectivity index (χ1v) is 9.04. The van der Waals surface area contributed by atoms with E-state index in [4.69, 9.17) is 4.74 Å². The molecule has 0 fully saturated rings. The zero-order chi connectivity index (χ0) is 20.4. The van der Waals surface area contributed by atoms with Crippen LogP contribution < -0.4 is 0 Å². The zero-order valence-electron chi connectivity index (χ0n) is 16.7. The van der Waals surface area contributed by atoms with Crippen molar-refractivity contribution in [2.45, 2.75) is 34.6 Å².